The second kappa shape index (κ2) is 7.37. The quantitative estimate of drug-likeness (QED) is 0.423. The summed E-state index contributed by atoms with van der Waals surface area (Å²) in [6.07, 6.45) is 2.58. The van der Waals surface area contributed by atoms with E-state index in [0.29, 0.717) is 13.0 Å². The fraction of sp³-hybridized carbons (Fsp3) is 0.357. The summed E-state index contributed by atoms with van der Waals surface area (Å²) in [5.74, 6) is 1.16. The number of ether oxygens (including phenoxy) is 3. The Balaban J connectivity index is 2.60. The van der Waals surface area contributed by atoms with Crippen LogP contribution in [0.15, 0.2) is 30.9 Å². The first-order chi connectivity index (χ1) is 8.72. The van der Waals surface area contributed by atoms with Gasteiger partial charge in [0.2, 0.25) is 0 Å². The van der Waals surface area contributed by atoms with Gasteiger partial charge < -0.3 is 14.2 Å². The largest absolute Gasteiger partial charge is 0.496 e. The SMILES string of the molecule is C=CC(=O)OCCCc1c(OC)cccc1OC. The van der Waals surface area contributed by atoms with Gasteiger partial charge in [-0.3, -0.25) is 0 Å². The van der Waals surface area contributed by atoms with E-state index in [1.807, 2.05) is 18.2 Å². The fourth-order valence-electron chi connectivity index (χ4n) is 1.66. The molecule has 0 unspecified atom stereocenters. The molecule has 0 saturated heterocycles. The van der Waals surface area contributed by atoms with Gasteiger partial charge in [0, 0.05) is 11.6 Å². The van der Waals surface area contributed by atoms with Gasteiger partial charge in [-0.25, -0.2) is 4.79 Å². The number of esters is 1. The Morgan fingerprint density at radius 1 is 1.28 bits per heavy atom. The van der Waals surface area contributed by atoms with Crippen molar-refractivity contribution in [3.63, 3.8) is 0 Å². The first-order valence-corrected chi connectivity index (χ1v) is 5.72. The summed E-state index contributed by atoms with van der Waals surface area (Å²) < 4.78 is 15.5. The number of rotatable bonds is 7. The summed E-state index contributed by atoms with van der Waals surface area (Å²) in [4.78, 5) is 10.9. The molecule has 0 aliphatic heterocycles. The van der Waals surface area contributed by atoms with E-state index in [9.17, 15) is 4.79 Å². The van der Waals surface area contributed by atoms with Crippen molar-refractivity contribution in [3.8, 4) is 11.5 Å². The molecule has 0 aliphatic carbocycles. The highest BCUT2D eigenvalue weighted by atomic mass is 16.5. The molecule has 1 rings (SSSR count). The van der Waals surface area contributed by atoms with Crippen LogP contribution in [0.1, 0.15) is 12.0 Å². The summed E-state index contributed by atoms with van der Waals surface area (Å²) in [6.45, 7) is 3.69. The van der Waals surface area contributed by atoms with Crippen LogP contribution in [0.5, 0.6) is 11.5 Å². The van der Waals surface area contributed by atoms with Crippen molar-refractivity contribution in [2.45, 2.75) is 12.8 Å². The van der Waals surface area contributed by atoms with E-state index >= 15 is 0 Å². The Hall–Kier alpha value is -1.97. The van der Waals surface area contributed by atoms with E-state index in [0.717, 1.165) is 29.6 Å². The first-order valence-electron chi connectivity index (χ1n) is 5.72. The highest BCUT2D eigenvalue weighted by molar-refractivity contribution is 5.81. The molecule has 0 N–H and O–H groups in total. The molecule has 0 spiro atoms. The van der Waals surface area contributed by atoms with E-state index in [1.54, 1.807) is 14.2 Å². The standard InChI is InChI=1S/C14H18O4/c1-4-14(15)18-10-6-7-11-12(16-2)8-5-9-13(11)17-3/h4-5,8-9H,1,6-7,10H2,2-3H3. The maximum absolute atomic E-state index is 10.9. The molecule has 0 saturated carbocycles. The van der Waals surface area contributed by atoms with Crippen molar-refractivity contribution < 1.29 is 19.0 Å². The predicted molar refractivity (Wildman–Crippen MR) is 69.0 cm³/mol. The van der Waals surface area contributed by atoms with E-state index in [1.165, 1.54) is 0 Å². The highest BCUT2D eigenvalue weighted by Crippen LogP contribution is 2.29. The monoisotopic (exact) mass is 250 g/mol. The second-order valence-corrected chi connectivity index (χ2v) is 3.62. The van der Waals surface area contributed by atoms with Gasteiger partial charge in [0.05, 0.1) is 20.8 Å². The van der Waals surface area contributed by atoms with Crippen LogP contribution < -0.4 is 9.47 Å². The lowest BCUT2D eigenvalue weighted by Gasteiger charge is -2.12. The van der Waals surface area contributed by atoms with Crippen molar-refractivity contribution >= 4 is 5.97 Å². The van der Waals surface area contributed by atoms with Crippen molar-refractivity contribution in [1.29, 1.82) is 0 Å². The van der Waals surface area contributed by atoms with Crippen LogP contribution in [0.3, 0.4) is 0 Å². The molecule has 0 bridgehead atoms. The average molecular weight is 250 g/mol. The number of benzene rings is 1. The van der Waals surface area contributed by atoms with Crippen LogP contribution in [0.25, 0.3) is 0 Å². The molecule has 0 atom stereocenters. The zero-order valence-corrected chi connectivity index (χ0v) is 10.8. The van der Waals surface area contributed by atoms with Gasteiger partial charge in [-0.2, -0.15) is 0 Å². The normalized spacial score (nSPS) is 9.67. The Bertz CT molecular complexity index is 390. The topological polar surface area (TPSA) is 44.8 Å². The van der Waals surface area contributed by atoms with Gasteiger partial charge in [-0.15, -0.1) is 0 Å². The van der Waals surface area contributed by atoms with Crippen molar-refractivity contribution in [3.05, 3.63) is 36.4 Å². The summed E-state index contributed by atoms with van der Waals surface area (Å²) >= 11 is 0. The molecule has 0 fully saturated rings. The summed E-state index contributed by atoms with van der Waals surface area (Å²) in [5.41, 5.74) is 0.983. The lowest BCUT2D eigenvalue weighted by molar-refractivity contribution is -0.137. The molecule has 98 valence electrons. The first kappa shape index (κ1) is 14.1. The molecule has 0 aliphatic rings. The molecule has 0 radical (unpaired) electrons. The van der Waals surface area contributed by atoms with Gasteiger partial charge >= 0.3 is 5.97 Å². The minimum Gasteiger partial charge on any atom is -0.496 e. The second-order valence-electron chi connectivity index (χ2n) is 3.62. The van der Waals surface area contributed by atoms with Crippen molar-refractivity contribution in [2.24, 2.45) is 0 Å². The highest BCUT2D eigenvalue weighted by Gasteiger charge is 2.09. The molecule has 4 nitrogen and oxygen atoms in total. The maximum atomic E-state index is 10.9. The van der Waals surface area contributed by atoms with Gasteiger partial charge in [0.25, 0.3) is 0 Å². The Morgan fingerprint density at radius 3 is 2.39 bits per heavy atom. The van der Waals surface area contributed by atoms with Crippen LogP contribution in [0.2, 0.25) is 0 Å². The van der Waals surface area contributed by atoms with Crippen LogP contribution >= 0.6 is 0 Å². The zero-order valence-electron chi connectivity index (χ0n) is 10.8. The minimum atomic E-state index is -0.401. The van der Waals surface area contributed by atoms with Gasteiger partial charge in [0.15, 0.2) is 0 Å². The molecule has 0 heterocycles. The summed E-state index contributed by atoms with van der Waals surface area (Å²) in [7, 11) is 3.24. The average Bonchev–Trinajstić information content (AvgIpc) is 2.42. The third kappa shape index (κ3) is 3.80. The van der Waals surface area contributed by atoms with E-state index in [-0.39, 0.29) is 0 Å². The van der Waals surface area contributed by atoms with Crippen LogP contribution in [-0.2, 0) is 16.0 Å². The zero-order chi connectivity index (χ0) is 13.4. The molecule has 0 aromatic heterocycles. The van der Waals surface area contributed by atoms with Crippen molar-refractivity contribution in [2.75, 3.05) is 20.8 Å². The molecule has 1 aromatic rings. The number of hydrogen-bond acceptors (Lipinski definition) is 4. The summed E-state index contributed by atoms with van der Waals surface area (Å²) in [6, 6.07) is 5.64. The molecular weight excluding hydrogens is 232 g/mol. The fourth-order valence-corrected chi connectivity index (χ4v) is 1.66. The van der Waals surface area contributed by atoms with Crippen LogP contribution in [0, 0.1) is 0 Å². The van der Waals surface area contributed by atoms with Crippen molar-refractivity contribution in [1.82, 2.24) is 0 Å². The molecule has 0 amide bonds. The smallest absolute Gasteiger partial charge is 0.330 e. The van der Waals surface area contributed by atoms with Gasteiger partial charge in [0.1, 0.15) is 11.5 Å². The third-order valence-electron chi connectivity index (χ3n) is 2.51. The molecule has 18 heavy (non-hydrogen) atoms. The number of hydrogen-bond donors (Lipinski definition) is 0. The lowest BCUT2D eigenvalue weighted by Crippen LogP contribution is -2.04. The molecular formula is C14H18O4. The number of carbonyl (C=O) groups is 1. The Kier molecular flexibility index (Phi) is 5.77. The van der Waals surface area contributed by atoms with E-state index in [4.69, 9.17) is 14.2 Å². The summed E-state index contributed by atoms with van der Waals surface area (Å²) in [5, 5.41) is 0. The van der Waals surface area contributed by atoms with Crippen LogP contribution in [0.4, 0.5) is 0 Å². The van der Waals surface area contributed by atoms with Crippen LogP contribution in [-0.4, -0.2) is 26.8 Å². The van der Waals surface area contributed by atoms with E-state index < -0.39 is 5.97 Å². The maximum Gasteiger partial charge on any atom is 0.330 e. The van der Waals surface area contributed by atoms with Gasteiger partial charge in [-0.05, 0) is 25.0 Å². The number of methoxy groups -OCH3 is 2. The molecule has 4 heteroatoms. The number of carbonyl (C=O) groups excluding carboxylic acids is 1. The minimum absolute atomic E-state index is 0.353. The van der Waals surface area contributed by atoms with Gasteiger partial charge in [-0.1, -0.05) is 12.6 Å². The lowest BCUT2D eigenvalue weighted by atomic mass is 10.1. The Labute approximate surface area is 107 Å². The van der Waals surface area contributed by atoms with E-state index in [2.05, 4.69) is 6.58 Å². The Morgan fingerprint density at radius 2 is 1.89 bits per heavy atom. The molecule has 1 aromatic carbocycles. The third-order valence-corrected chi connectivity index (χ3v) is 2.51. The predicted octanol–water partition coefficient (Wildman–Crippen LogP) is 2.37.